The number of ether oxygens (including phenoxy) is 1. The van der Waals surface area contributed by atoms with Crippen molar-refractivity contribution in [2.75, 3.05) is 6.61 Å². The molecule has 0 aliphatic carbocycles. The molecular weight excluding hydrogens is 388 g/mol. The largest absolute Gasteiger partial charge is 0.484 e. The average Bonchev–Trinajstić information content (AvgIpc) is 3.01. The normalized spacial score (nSPS) is 11.2. The third kappa shape index (κ3) is 5.23. The second kappa shape index (κ2) is 9.39. The van der Waals surface area contributed by atoms with E-state index >= 15 is 0 Å². The Balaban J connectivity index is 1.57. The Morgan fingerprint density at radius 2 is 1.90 bits per heavy atom. The van der Waals surface area contributed by atoms with Crippen LogP contribution in [-0.2, 0) is 4.79 Å². The number of rotatable bonds is 7. The molecular formula is C22H23ClN4O2. The zero-order chi connectivity index (χ0) is 20.8. The minimum absolute atomic E-state index is 0.131. The van der Waals surface area contributed by atoms with Crippen LogP contribution in [0.4, 0.5) is 0 Å². The van der Waals surface area contributed by atoms with Gasteiger partial charge in [-0.15, -0.1) is 0 Å². The monoisotopic (exact) mass is 410 g/mol. The molecule has 0 saturated heterocycles. The molecule has 0 fully saturated rings. The van der Waals surface area contributed by atoms with E-state index in [0.717, 1.165) is 5.69 Å². The number of carbonyl (C=O) groups excluding carboxylic acids is 1. The predicted octanol–water partition coefficient (Wildman–Crippen LogP) is 4.49. The molecule has 0 aliphatic rings. The van der Waals surface area contributed by atoms with Crippen molar-refractivity contribution >= 4 is 23.7 Å². The number of carbonyl (C=O) groups is 1. The van der Waals surface area contributed by atoms with Crippen molar-refractivity contribution in [3.63, 3.8) is 0 Å². The molecule has 3 aromatic rings. The van der Waals surface area contributed by atoms with Crippen LogP contribution in [0.1, 0.15) is 36.6 Å². The molecule has 3 rings (SSSR count). The molecule has 7 heteroatoms. The van der Waals surface area contributed by atoms with E-state index in [1.54, 1.807) is 4.68 Å². The van der Waals surface area contributed by atoms with Crippen LogP contribution in [0.15, 0.2) is 59.7 Å². The van der Waals surface area contributed by atoms with Gasteiger partial charge in [0.05, 0.1) is 23.2 Å². The summed E-state index contributed by atoms with van der Waals surface area (Å²) < 4.78 is 7.12. The number of nitrogens with one attached hydrogen (secondary N) is 1. The molecule has 2 aromatic carbocycles. The van der Waals surface area contributed by atoms with E-state index in [-0.39, 0.29) is 12.5 Å². The van der Waals surface area contributed by atoms with Gasteiger partial charge >= 0.3 is 0 Å². The Morgan fingerprint density at radius 3 is 2.55 bits per heavy atom. The standard InChI is InChI=1S/C22H23ClN4O2/c1-15(2)17-9-11-19(12-10-17)29-14-21(28)25-24-13-20-16(3)26-27(22(20)23)18-7-5-4-6-8-18/h4-13,15H,14H2,1-3H3,(H,25,28)/b24-13-. The SMILES string of the molecule is Cc1nn(-c2ccccc2)c(Cl)c1/C=N\NC(=O)COc1ccc(C(C)C)cc1. The Labute approximate surface area is 175 Å². The number of amides is 1. The van der Waals surface area contributed by atoms with Gasteiger partial charge < -0.3 is 4.74 Å². The molecule has 0 radical (unpaired) electrons. The molecule has 1 amide bonds. The molecule has 0 aliphatic heterocycles. The number of hydrazone groups is 1. The van der Waals surface area contributed by atoms with Gasteiger partial charge in [-0.1, -0.05) is 55.8 Å². The molecule has 0 bridgehead atoms. The Bertz CT molecular complexity index is 996. The summed E-state index contributed by atoms with van der Waals surface area (Å²) in [4.78, 5) is 12.0. The maximum Gasteiger partial charge on any atom is 0.277 e. The van der Waals surface area contributed by atoms with Gasteiger partial charge in [-0.05, 0) is 42.7 Å². The van der Waals surface area contributed by atoms with E-state index in [4.69, 9.17) is 16.3 Å². The second-order valence-electron chi connectivity index (χ2n) is 6.84. The van der Waals surface area contributed by atoms with Crippen molar-refractivity contribution in [2.45, 2.75) is 26.7 Å². The van der Waals surface area contributed by atoms with Crippen LogP contribution in [0.25, 0.3) is 5.69 Å². The number of hydrogen-bond acceptors (Lipinski definition) is 4. The predicted molar refractivity (Wildman–Crippen MR) is 115 cm³/mol. The highest BCUT2D eigenvalue weighted by molar-refractivity contribution is 6.32. The van der Waals surface area contributed by atoms with E-state index in [1.807, 2.05) is 61.5 Å². The van der Waals surface area contributed by atoms with E-state index < -0.39 is 0 Å². The molecule has 1 aromatic heterocycles. The Morgan fingerprint density at radius 1 is 1.21 bits per heavy atom. The summed E-state index contributed by atoms with van der Waals surface area (Å²) >= 11 is 6.43. The first-order chi connectivity index (χ1) is 14.0. The fraction of sp³-hybridized carbons (Fsp3) is 0.227. The van der Waals surface area contributed by atoms with Crippen molar-refractivity contribution in [1.29, 1.82) is 0 Å². The van der Waals surface area contributed by atoms with Gasteiger partial charge in [0.15, 0.2) is 6.61 Å². The fourth-order valence-electron chi connectivity index (χ4n) is 2.70. The number of hydrogen-bond donors (Lipinski definition) is 1. The first-order valence-electron chi connectivity index (χ1n) is 9.31. The lowest BCUT2D eigenvalue weighted by Crippen LogP contribution is -2.24. The third-order valence-corrected chi connectivity index (χ3v) is 4.71. The maximum atomic E-state index is 12.0. The van der Waals surface area contributed by atoms with E-state index in [1.165, 1.54) is 11.8 Å². The topological polar surface area (TPSA) is 68.5 Å². The van der Waals surface area contributed by atoms with Gasteiger partial charge in [0, 0.05) is 0 Å². The summed E-state index contributed by atoms with van der Waals surface area (Å²) in [6.07, 6.45) is 1.49. The highest BCUT2D eigenvalue weighted by Gasteiger charge is 2.13. The third-order valence-electron chi connectivity index (χ3n) is 4.35. The lowest BCUT2D eigenvalue weighted by atomic mass is 10.0. The molecule has 0 atom stereocenters. The highest BCUT2D eigenvalue weighted by Crippen LogP contribution is 2.22. The summed E-state index contributed by atoms with van der Waals surface area (Å²) in [5.74, 6) is 0.721. The number of halogens is 1. The van der Waals surface area contributed by atoms with Gasteiger partial charge in [0.2, 0.25) is 0 Å². The fourth-order valence-corrected chi connectivity index (χ4v) is 3.02. The summed E-state index contributed by atoms with van der Waals surface area (Å²) in [6.45, 7) is 5.95. The number of nitrogens with zero attached hydrogens (tertiary/aromatic N) is 3. The summed E-state index contributed by atoms with van der Waals surface area (Å²) in [7, 11) is 0. The van der Waals surface area contributed by atoms with E-state index in [2.05, 4.69) is 29.5 Å². The number of aryl methyl sites for hydroxylation is 1. The number of aromatic nitrogens is 2. The summed E-state index contributed by atoms with van der Waals surface area (Å²) in [6, 6.07) is 17.3. The summed E-state index contributed by atoms with van der Waals surface area (Å²) in [5.41, 5.74) is 5.86. The van der Waals surface area contributed by atoms with Gasteiger partial charge in [0.1, 0.15) is 10.9 Å². The van der Waals surface area contributed by atoms with Crippen LogP contribution in [0.3, 0.4) is 0 Å². The van der Waals surface area contributed by atoms with E-state index in [9.17, 15) is 4.79 Å². The van der Waals surface area contributed by atoms with Gasteiger partial charge in [0.25, 0.3) is 5.91 Å². The smallest absolute Gasteiger partial charge is 0.277 e. The molecule has 0 spiro atoms. The van der Waals surface area contributed by atoms with Crippen LogP contribution in [0.5, 0.6) is 5.75 Å². The molecule has 1 heterocycles. The zero-order valence-electron chi connectivity index (χ0n) is 16.6. The quantitative estimate of drug-likeness (QED) is 0.461. The minimum Gasteiger partial charge on any atom is -0.484 e. The lowest BCUT2D eigenvalue weighted by Gasteiger charge is -2.08. The first-order valence-corrected chi connectivity index (χ1v) is 9.68. The van der Waals surface area contributed by atoms with Crippen molar-refractivity contribution in [3.8, 4) is 11.4 Å². The molecule has 6 nitrogen and oxygen atoms in total. The number of para-hydroxylation sites is 1. The van der Waals surface area contributed by atoms with Crippen LogP contribution in [-0.4, -0.2) is 28.5 Å². The zero-order valence-corrected chi connectivity index (χ0v) is 17.3. The van der Waals surface area contributed by atoms with Crippen LogP contribution in [0.2, 0.25) is 5.15 Å². The van der Waals surface area contributed by atoms with Crippen LogP contribution < -0.4 is 10.2 Å². The molecule has 1 N–H and O–H groups in total. The first kappa shape index (κ1) is 20.6. The Kier molecular flexibility index (Phi) is 6.67. The highest BCUT2D eigenvalue weighted by atomic mass is 35.5. The van der Waals surface area contributed by atoms with Crippen molar-refractivity contribution in [2.24, 2.45) is 5.10 Å². The molecule has 0 unspecified atom stereocenters. The van der Waals surface area contributed by atoms with Gasteiger partial charge in [-0.3, -0.25) is 4.79 Å². The van der Waals surface area contributed by atoms with Gasteiger partial charge in [-0.25, -0.2) is 10.1 Å². The second-order valence-corrected chi connectivity index (χ2v) is 7.20. The van der Waals surface area contributed by atoms with Gasteiger partial charge in [-0.2, -0.15) is 10.2 Å². The maximum absolute atomic E-state index is 12.0. The minimum atomic E-state index is -0.363. The summed E-state index contributed by atoms with van der Waals surface area (Å²) in [5, 5.41) is 8.83. The average molecular weight is 411 g/mol. The number of benzene rings is 2. The van der Waals surface area contributed by atoms with Crippen LogP contribution >= 0.6 is 11.6 Å². The van der Waals surface area contributed by atoms with Crippen molar-refractivity contribution < 1.29 is 9.53 Å². The Hall–Kier alpha value is -3.12. The molecule has 0 saturated carbocycles. The molecule has 150 valence electrons. The van der Waals surface area contributed by atoms with Crippen molar-refractivity contribution in [1.82, 2.24) is 15.2 Å². The van der Waals surface area contributed by atoms with Crippen molar-refractivity contribution in [3.05, 3.63) is 76.6 Å². The lowest BCUT2D eigenvalue weighted by molar-refractivity contribution is -0.123. The van der Waals surface area contributed by atoms with E-state index in [0.29, 0.717) is 28.1 Å². The van der Waals surface area contributed by atoms with Crippen LogP contribution in [0, 0.1) is 6.92 Å². The molecule has 29 heavy (non-hydrogen) atoms.